The molecule has 0 aliphatic carbocycles. The minimum absolute atomic E-state index is 0.232. The third kappa shape index (κ3) is 3.52. The van der Waals surface area contributed by atoms with Crippen LogP contribution in [0.15, 0.2) is 59.1 Å². The summed E-state index contributed by atoms with van der Waals surface area (Å²) < 4.78 is 15.5. The van der Waals surface area contributed by atoms with Crippen molar-refractivity contribution in [2.75, 3.05) is 0 Å². The Balaban J connectivity index is 1.79. The zero-order chi connectivity index (χ0) is 16.2. The van der Waals surface area contributed by atoms with Crippen LogP contribution < -0.4 is 9.47 Å². The van der Waals surface area contributed by atoms with E-state index in [2.05, 4.69) is 5.16 Å². The fourth-order valence-electron chi connectivity index (χ4n) is 1.97. The minimum Gasteiger partial charge on any atom is -0.395 e. The van der Waals surface area contributed by atoms with E-state index in [1.807, 2.05) is 30.3 Å². The van der Waals surface area contributed by atoms with E-state index in [0.29, 0.717) is 22.2 Å². The number of aryl methyl sites for hydroxylation is 1. The van der Waals surface area contributed by atoms with Crippen molar-refractivity contribution in [3.8, 4) is 22.8 Å². The van der Waals surface area contributed by atoms with Gasteiger partial charge in [-0.05, 0) is 24.3 Å². The lowest BCUT2D eigenvalue weighted by Gasteiger charge is -2.06. The Kier molecular flexibility index (Phi) is 4.30. The van der Waals surface area contributed by atoms with Gasteiger partial charge >= 0.3 is 6.16 Å². The number of halogens is 1. The van der Waals surface area contributed by atoms with E-state index in [-0.39, 0.29) is 5.75 Å². The summed E-state index contributed by atoms with van der Waals surface area (Å²) in [4.78, 5) is 12.0. The standard InChI is InChI=1S/C17H12ClNO4/c1-11-16(15(19-23-11)12-5-3-2-4-6-12)22-17(20)21-14-9-7-13(18)8-10-14/h2-10H,1H3. The molecule has 0 radical (unpaired) electrons. The molecule has 2 aromatic carbocycles. The lowest BCUT2D eigenvalue weighted by molar-refractivity contribution is 0.151. The van der Waals surface area contributed by atoms with Crippen molar-refractivity contribution in [1.82, 2.24) is 5.16 Å². The summed E-state index contributed by atoms with van der Waals surface area (Å²) in [5, 5.41) is 4.48. The molecule has 3 aromatic rings. The van der Waals surface area contributed by atoms with Gasteiger partial charge in [0, 0.05) is 17.5 Å². The van der Waals surface area contributed by atoms with E-state index in [1.54, 1.807) is 31.2 Å². The molecule has 116 valence electrons. The van der Waals surface area contributed by atoms with Gasteiger partial charge < -0.3 is 14.0 Å². The molecule has 1 aromatic heterocycles. The fourth-order valence-corrected chi connectivity index (χ4v) is 2.09. The van der Waals surface area contributed by atoms with Crippen LogP contribution in [0.25, 0.3) is 11.3 Å². The lowest BCUT2D eigenvalue weighted by Crippen LogP contribution is -2.14. The highest BCUT2D eigenvalue weighted by Gasteiger charge is 2.20. The van der Waals surface area contributed by atoms with Crippen LogP contribution in [0, 0.1) is 6.92 Å². The first-order chi connectivity index (χ1) is 11.1. The number of benzene rings is 2. The zero-order valence-corrected chi connectivity index (χ0v) is 12.9. The largest absolute Gasteiger partial charge is 0.519 e. The number of carbonyl (C=O) groups is 1. The van der Waals surface area contributed by atoms with Gasteiger partial charge in [0.25, 0.3) is 0 Å². The number of rotatable bonds is 3. The molecule has 0 spiro atoms. The molecule has 3 rings (SSSR count). The second-order valence-corrected chi connectivity index (χ2v) is 5.13. The van der Waals surface area contributed by atoms with Gasteiger partial charge in [-0.15, -0.1) is 0 Å². The van der Waals surface area contributed by atoms with Gasteiger partial charge in [0.05, 0.1) is 0 Å². The van der Waals surface area contributed by atoms with Gasteiger partial charge in [-0.3, -0.25) is 0 Å². The van der Waals surface area contributed by atoms with Gasteiger partial charge in [0.2, 0.25) is 5.75 Å². The third-order valence-electron chi connectivity index (χ3n) is 3.06. The second kappa shape index (κ2) is 6.54. The van der Waals surface area contributed by atoms with E-state index in [9.17, 15) is 4.79 Å². The van der Waals surface area contributed by atoms with Gasteiger partial charge in [-0.25, -0.2) is 4.79 Å². The average molecular weight is 330 g/mol. The molecule has 0 N–H and O–H groups in total. The molecule has 0 amide bonds. The van der Waals surface area contributed by atoms with Crippen LogP contribution in [0.5, 0.6) is 11.5 Å². The van der Waals surface area contributed by atoms with Crippen LogP contribution in [0.4, 0.5) is 4.79 Å². The Labute approximate surface area is 137 Å². The van der Waals surface area contributed by atoms with E-state index < -0.39 is 6.16 Å². The van der Waals surface area contributed by atoms with Gasteiger partial charge in [-0.1, -0.05) is 47.1 Å². The quantitative estimate of drug-likeness (QED) is 0.506. The Bertz CT molecular complexity index is 812. The first-order valence-corrected chi connectivity index (χ1v) is 7.18. The molecule has 0 aliphatic rings. The van der Waals surface area contributed by atoms with Crippen molar-refractivity contribution in [2.45, 2.75) is 6.92 Å². The van der Waals surface area contributed by atoms with Crippen LogP contribution in [-0.2, 0) is 0 Å². The number of hydrogen-bond acceptors (Lipinski definition) is 5. The molecule has 6 heteroatoms. The molecular weight excluding hydrogens is 318 g/mol. The molecule has 0 bridgehead atoms. The monoisotopic (exact) mass is 329 g/mol. The van der Waals surface area contributed by atoms with Crippen molar-refractivity contribution in [3.63, 3.8) is 0 Å². The Morgan fingerprint density at radius 2 is 1.74 bits per heavy atom. The van der Waals surface area contributed by atoms with E-state index in [1.165, 1.54) is 0 Å². The number of ether oxygens (including phenoxy) is 2. The fraction of sp³-hybridized carbons (Fsp3) is 0.0588. The summed E-state index contributed by atoms with van der Waals surface area (Å²) in [6, 6.07) is 15.7. The first kappa shape index (κ1) is 15.1. The lowest BCUT2D eigenvalue weighted by atomic mass is 10.1. The molecule has 0 saturated heterocycles. The Morgan fingerprint density at radius 3 is 2.43 bits per heavy atom. The third-order valence-corrected chi connectivity index (χ3v) is 3.31. The van der Waals surface area contributed by atoms with Gasteiger partial charge in [-0.2, -0.15) is 0 Å². The predicted molar refractivity (Wildman–Crippen MR) is 84.8 cm³/mol. The van der Waals surface area contributed by atoms with Crippen molar-refractivity contribution in [1.29, 1.82) is 0 Å². The van der Waals surface area contributed by atoms with Crippen LogP contribution in [0.3, 0.4) is 0 Å². The highest BCUT2D eigenvalue weighted by Crippen LogP contribution is 2.32. The molecule has 0 fully saturated rings. The maximum absolute atomic E-state index is 12.0. The molecule has 1 heterocycles. The summed E-state index contributed by atoms with van der Waals surface area (Å²) >= 11 is 5.78. The summed E-state index contributed by atoms with van der Waals surface area (Å²) in [6.07, 6.45) is -0.879. The SMILES string of the molecule is Cc1onc(-c2ccccc2)c1OC(=O)Oc1ccc(Cl)cc1. The van der Waals surface area contributed by atoms with Crippen LogP contribution in [-0.4, -0.2) is 11.3 Å². The molecule has 0 atom stereocenters. The Morgan fingerprint density at radius 1 is 1.04 bits per heavy atom. The highest BCUT2D eigenvalue weighted by molar-refractivity contribution is 6.30. The van der Waals surface area contributed by atoms with E-state index in [0.717, 1.165) is 5.56 Å². The van der Waals surface area contributed by atoms with Crippen LogP contribution in [0.1, 0.15) is 5.76 Å². The molecule has 5 nitrogen and oxygen atoms in total. The summed E-state index contributed by atoms with van der Waals surface area (Å²) in [7, 11) is 0. The van der Waals surface area contributed by atoms with Crippen molar-refractivity contribution >= 4 is 17.8 Å². The van der Waals surface area contributed by atoms with E-state index in [4.69, 9.17) is 25.6 Å². The van der Waals surface area contributed by atoms with Crippen molar-refractivity contribution < 1.29 is 18.8 Å². The summed E-state index contributed by atoms with van der Waals surface area (Å²) in [5.41, 5.74) is 1.22. The smallest absolute Gasteiger partial charge is 0.395 e. The topological polar surface area (TPSA) is 61.6 Å². The maximum atomic E-state index is 12.0. The summed E-state index contributed by atoms with van der Waals surface area (Å²) in [6.45, 7) is 1.66. The Hall–Kier alpha value is -2.79. The number of carbonyl (C=O) groups excluding carboxylic acids is 1. The molecule has 0 unspecified atom stereocenters. The second-order valence-electron chi connectivity index (χ2n) is 4.69. The van der Waals surface area contributed by atoms with E-state index >= 15 is 0 Å². The van der Waals surface area contributed by atoms with Crippen molar-refractivity contribution in [2.24, 2.45) is 0 Å². The minimum atomic E-state index is -0.879. The van der Waals surface area contributed by atoms with Crippen LogP contribution >= 0.6 is 11.6 Å². The maximum Gasteiger partial charge on any atom is 0.519 e. The van der Waals surface area contributed by atoms with Gasteiger partial charge in [0.15, 0.2) is 11.5 Å². The summed E-state index contributed by atoms with van der Waals surface area (Å²) in [5.74, 6) is 0.946. The predicted octanol–water partition coefficient (Wildman–Crippen LogP) is 4.88. The number of aromatic nitrogens is 1. The molecule has 23 heavy (non-hydrogen) atoms. The van der Waals surface area contributed by atoms with Crippen LogP contribution in [0.2, 0.25) is 5.02 Å². The molecular formula is C17H12ClNO4. The normalized spacial score (nSPS) is 10.3. The molecule has 0 saturated carbocycles. The zero-order valence-electron chi connectivity index (χ0n) is 12.2. The number of hydrogen-bond donors (Lipinski definition) is 0. The van der Waals surface area contributed by atoms with Crippen molar-refractivity contribution in [3.05, 3.63) is 65.4 Å². The highest BCUT2D eigenvalue weighted by atomic mass is 35.5. The average Bonchev–Trinajstić information content (AvgIpc) is 2.91. The number of nitrogens with zero attached hydrogens (tertiary/aromatic N) is 1. The first-order valence-electron chi connectivity index (χ1n) is 6.80. The molecule has 0 aliphatic heterocycles. The van der Waals surface area contributed by atoms with Gasteiger partial charge in [0.1, 0.15) is 5.75 Å².